The van der Waals surface area contributed by atoms with Gasteiger partial charge < -0.3 is 4.98 Å². The zero-order valence-corrected chi connectivity index (χ0v) is 9.28. The molecule has 13 heavy (non-hydrogen) atoms. The van der Waals surface area contributed by atoms with Crippen LogP contribution in [0.1, 0.15) is 48.6 Å². The molecule has 2 heteroatoms. The van der Waals surface area contributed by atoms with E-state index in [9.17, 15) is 0 Å². The lowest BCUT2D eigenvalue weighted by molar-refractivity contribution is 0.675. The zero-order chi connectivity index (χ0) is 8.84. The minimum Gasteiger partial charge on any atom is -0.361 e. The minimum atomic E-state index is 0.847. The summed E-state index contributed by atoms with van der Waals surface area (Å²) in [5.74, 6) is 0.847. The van der Waals surface area contributed by atoms with Gasteiger partial charge in [-0.25, -0.2) is 0 Å². The van der Waals surface area contributed by atoms with Crippen LogP contribution >= 0.6 is 15.9 Å². The molecule has 1 aromatic heterocycles. The lowest BCUT2D eigenvalue weighted by atomic mass is 9.98. The fourth-order valence-electron chi connectivity index (χ4n) is 2.32. The Kier molecular flexibility index (Phi) is 1.79. The van der Waals surface area contributed by atoms with Crippen LogP contribution in [0, 0.1) is 0 Å². The molecule has 0 unspecified atom stereocenters. The maximum Gasteiger partial charge on any atom is 0.0420 e. The average Bonchev–Trinajstić information content (AvgIpc) is 2.94. The molecular formula is C11H14BrN. The van der Waals surface area contributed by atoms with Crippen LogP contribution in [-0.4, -0.2) is 4.98 Å². The first-order valence-electron chi connectivity index (χ1n) is 5.25. The van der Waals surface area contributed by atoms with E-state index < -0.39 is 0 Å². The standard InChI is InChI=1S/C11H14BrN/c12-10-8-3-1-2-4-9(8)13-11(10)7-5-6-7/h7,13H,1-6H2. The Balaban J connectivity index is 2.06. The second-order valence-corrected chi connectivity index (χ2v) is 5.08. The topological polar surface area (TPSA) is 15.8 Å². The summed E-state index contributed by atoms with van der Waals surface area (Å²) in [5, 5.41) is 0. The molecule has 2 aliphatic rings. The van der Waals surface area contributed by atoms with Gasteiger partial charge in [-0.2, -0.15) is 0 Å². The quantitative estimate of drug-likeness (QED) is 0.772. The molecular weight excluding hydrogens is 226 g/mol. The molecule has 0 aromatic carbocycles. The number of aryl methyl sites for hydroxylation is 1. The van der Waals surface area contributed by atoms with Crippen LogP contribution in [-0.2, 0) is 12.8 Å². The number of aromatic nitrogens is 1. The van der Waals surface area contributed by atoms with Crippen LogP contribution in [0.4, 0.5) is 0 Å². The number of fused-ring (bicyclic) bond motifs is 1. The van der Waals surface area contributed by atoms with E-state index in [-0.39, 0.29) is 0 Å². The Morgan fingerprint density at radius 1 is 1.15 bits per heavy atom. The molecule has 2 aliphatic carbocycles. The molecule has 1 nitrogen and oxygen atoms in total. The molecule has 70 valence electrons. The Hall–Kier alpha value is -0.240. The van der Waals surface area contributed by atoms with Crippen molar-refractivity contribution in [3.8, 4) is 0 Å². The SMILES string of the molecule is Brc1c(C2CC2)[nH]c2c1CCCC2. The van der Waals surface area contributed by atoms with E-state index in [2.05, 4.69) is 20.9 Å². The second kappa shape index (κ2) is 2.88. The van der Waals surface area contributed by atoms with E-state index in [1.165, 1.54) is 54.4 Å². The van der Waals surface area contributed by atoms with E-state index >= 15 is 0 Å². The fraction of sp³-hybridized carbons (Fsp3) is 0.636. The van der Waals surface area contributed by atoms with Gasteiger partial charge in [0.15, 0.2) is 0 Å². The number of hydrogen-bond donors (Lipinski definition) is 1. The second-order valence-electron chi connectivity index (χ2n) is 4.29. The first-order valence-corrected chi connectivity index (χ1v) is 6.04. The minimum absolute atomic E-state index is 0.847. The third kappa shape index (κ3) is 1.26. The normalized spacial score (nSPS) is 21.6. The van der Waals surface area contributed by atoms with E-state index in [0.717, 1.165) is 5.92 Å². The Morgan fingerprint density at radius 3 is 2.62 bits per heavy atom. The highest BCUT2D eigenvalue weighted by Crippen LogP contribution is 2.45. The first kappa shape index (κ1) is 8.10. The summed E-state index contributed by atoms with van der Waals surface area (Å²) in [6.07, 6.45) is 8.05. The van der Waals surface area contributed by atoms with Gasteiger partial charge >= 0.3 is 0 Å². The number of hydrogen-bond acceptors (Lipinski definition) is 0. The highest BCUT2D eigenvalue weighted by Gasteiger charge is 2.30. The molecule has 1 N–H and O–H groups in total. The van der Waals surface area contributed by atoms with E-state index in [4.69, 9.17) is 0 Å². The van der Waals surface area contributed by atoms with Gasteiger partial charge in [0.1, 0.15) is 0 Å². The van der Waals surface area contributed by atoms with Crippen LogP contribution in [0.3, 0.4) is 0 Å². The predicted molar refractivity (Wildman–Crippen MR) is 57.1 cm³/mol. The lowest BCUT2D eigenvalue weighted by Crippen LogP contribution is -2.00. The van der Waals surface area contributed by atoms with Crippen LogP contribution in [0.15, 0.2) is 4.47 Å². The summed E-state index contributed by atoms with van der Waals surface area (Å²) in [6, 6.07) is 0. The molecule has 0 amide bonds. The average molecular weight is 240 g/mol. The molecule has 0 radical (unpaired) electrons. The molecule has 3 rings (SSSR count). The molecule has 0 spiro atoms. The Bertz CT molecular complexity index is 336. The molecule has 1 aromatic rings. The van der Waals surface area contributed by atoms with Crippen LogP contribution < -0.4 is 0 Å². The maximum atomic E-state index is 3.75. The molecule has 0 bridgehead atoms. The third-order valence-corrected chi connectivity index (χ3v) is 4.15. The largest absolute Gasteiger partial charge is 0.361 e. The summed E-state index contributed by atoms with van der Waals surface area (Å²) in [4.78, 5) is 3.62. The Morgan fingerprint density at radius 2 is 1.92 bits per heavy atom. The van der Waals surface area contributed by atoms with Crippen molar-refractivity contribution in [2.75, 3.05) is 0 Å². The highest BCUT2D eigenvalue weighted by atomic mass is 79.9. The summed E-state index contributed by atoms with van der Waals surface area (Å²) in [7, 11) is 0. The van der Waals surface area contributed by atoms with Crippen molar-refractivity contribution in [2.24, 2.45) is 0 Å². The van der Waals surface area contributed by atoms with Crippen LogP contribution in [0.25, 0.3) is 0 Å². The number of H-pyrrole nitrogens is 1. The number of aromatic amines is 1. The third-order valence-electron chi connectivity index (χ3n) is 3.24. The van der Waals surface area contributed by atoms with E-state index in [0.29, 0.717) is 0 Å². The number of nitrogens with one attached hydrogen (secondary N) is 1. The maximum absolute atomic E-state index is 3.75. The lowest BCUT2D eigenvalue weighted by Gasteiger charge is -2.10. The Labute approximate surface area is 87.1 Å². The number of halogens is 1. The van der Waals surface area contributed by atoms with Gasteiger partial charge in [0.2, 0.25) is 0 Å². The summed E-state index contributed by atoms with van der Waals surface area (Å²) in [6.45, 7) is 0. The molecule has 1 heterocycles. The van der Waals surface area contributed by atoms with Gasteiger partial charge in [0, 0.05) is 21.8 Å². The number of rotatable bonds is 1. The zero-order valence-electron chi connectivity index (χ0n) is 7.70. The first-order chi connectivity index (χ1) is 6.36. The van der Waals surface area contributed by atoms with E-state index in [1.54, 1.807) is 5.56 Å². The highest BCUT2D eigenvalue weighted by molar-refractivity contribution is 9.10. The van der Waals surface area contributed by atoms with Crippen molar-refractivity contribution in [2.45, 2.75) is 44.4 Å². The van der Waals surface area contributed by atoms with Crippen molar-refractivity contribution >= 4 is 15.9 Å². The predicted octanol–water partition coefficient (Wildman–Crippen LogP) is 3.53. The molecule has 0 atom stereocenters. The smallest absolute Gasteiger partial charge is 0.0420 e. The molecule has 0 saturated heterocycles. The van der Waals surface area contributed by atoms with Gasteiger partial charge in [-0.15, -0.1) is 0 Å². The van der Waals surface area contributed by atoms with Crippen molar-refractivity contribution in [1.82, 2.24) is 4.98 Å². The van der Waals surface area contributed by atoms with Crippen molar-refractivity contribution < 1.29 is 0 Å². The van der Waals surface area contributed by atoms with Crippen molar-refractivity contribution in [3.63, 3.8) is 0 Å². The summed E-state index contributed by atoms with van der Waals surface area (Å²) >= 11 is 3.75. The van der Waals surface area contributed by atoms with Gasteiger partial charge in [0.25, 0.3) is 0 Å². The van der Waals surface area contributed by atoms with Crippen LogP contribution in [0.2, 0.25) is 0 Å². The monoisotopic (exact) mass is 239 g/mol. The van der Waals surface area contributed by atoms with Gasteiger partial charge in [0.05, 0.1) is 0 Å². The fourth-order valence-corrected chi connectivity index (χ4v) is 3.18. The van der Waals surface area contributed by atoms with Gasteiger partial charge in [-0.3, -0.25) is 0 Å². The van der Waals surface area contributed by atoms with Crippen molar-refractivity contribution in [3.05, 3.63) is 21.4 Å². The summed E-state index contributed by atoms with van der Waals surface area (Å²) < 4.78 is 1.41. The molecule has 0 aliphatic heterocycles. The van der Waals surface area contributed by atoms with Crippen LogP contribution in [0.5, 0.6) is 0 Å². The molecule has 1 fully saturated rings. The van der Waals surface area contributed by atoms with Crippen molar-refractivity contribution in [1.29, 1.82) is 0 Å². The summed E-state index contributed by atoms with van der Waals surface area (Å²) in [5.41, 5.74) is 4.58. The van der Waals surface area contributed by atoms with E-state index in [1.807, 2.05) is 0 Å². The van der Waals surface area contributed by atoms with Gasteiger partial charge in [-0.05, 0) is 60.0 Å². The molecule has 1 saturated carbocycles. The van der Waals surface area contributed by atoms with Gasteiger partial charge in [-0.1, -0.05) is 0 Å².